The molecule has 1 rings (SSSR count). The van der Waals surface area contributed by atoms with E-state index in [-0.39, 0.29) is 11.5 Å². The molecule has 2 nitrogen and oxygen atoms in total. The van der Waals surface area contributed by atoms with Gasteiger partial charge in [0, 0.05) is 0 Å². The Morgan fingerprint density at radius 1 is 1.67 bits per heavy atom. The third-order valence-corrected chi connectivity index (χ3v) is 2.26. The summed E-state index contributed by atoms with van der Waals surface area (Å²) in [6.45, 7) is 3.51. The molecular weight excluding hydrogens is 150 g/mol. The van der Waals surface area contributed by atoms with Gasteiger partial charge in [0.15, 0.2) is 0 Å². The number of rotatable bonds is 2. The largest absolute Gasteiger partial charge is 0.387 e. The molecule has 0 bridgehead atoms. The average Bonchev–Trinajstić information content (AvgIpc) is 2.17. The Kier molecular flexibility index (Phi) is 3.07. The minimum absolute atomic E-state index is 0.196. The molecule has 0 radical (unpaired) electrons. The van der Waals surface area contributed by atoms with Gasteiger partial charge in [-0.15, -0.1) is 0 Å². The molecule has 1 aliphatic rings. The van der Waals surface area contributed by atoms with Crippen LogP contribution in [-0.4, -0.2) is 11.2 Å². The fourth-order valence-electron chi connectivity index (χ4n) is 1.45. The first-order valence-corrected chi connectivity index (χ1v) is 4.17. The number of nitriles is 1. The Morgan fingerprint density at radius 2 is 2.42 bits per heavy atom. The van der Waals surface area contributed by atoms with Crippen LogP contribution in [0.1, 0.15) is 19.3 Å². The molecule has 64 valence electrons. The van der Waals surface area contributed by atoms with E-state index >= 15 is 0 Å². The van der Waals surface area contributed by atoms with Gasteiger partial charge in [-0.2, -0.15) is 5.26 Å². The van der Waals surface area contributed by atoms with Crippen LogP contribution in [0.15, 0.2) is 24.3 Å². The SMILES string of the molecule is C=C(C#N)C(O)C1CC=CCC1. The molecule has 0 fully saturated rings. The van der Waals surface area contributed by atoms with Crippen LogP contribution in [0.5, 0.6) is 0 Å². The lowest BCUT2D eigenvalue weighted by atomic mass is 9.87. The highest BCUT2D eigenvalue weighted by molar-refractivity contribution is 5.22. The van der Waals surface area contributed by atoms with Crippen LogP contribution < -0.4 is 0 Å². The van der Waals surface area contributed by atoms with Crippen molar-refractivity contribution in [1.29, 1.82) is 5.26 Å². The summed E-state index contributed by atoms with van der Waals surface area (Å²) in [5.74, 6) is 0.196. The zero-order valence-corrected chi connectivity index (χ0v) is 7.03. The highest BCUT2D eigenvalue weighted by Gasteiger charge is 2.21. The van der Waals surface area contributed by atoms with Crippen molar-refractivity contribution in [1.82, 2.24) is 0 Å². The van der Waals surface area contributed by atoms with Crippen molar-refractivity contribution in [3.05, 3.63) is 24.3 Å². The molecule has 12 heavy (non-hydrogen) atoms. The topological polar surface area (TPSA) is 44.0 Å². The van der Waals surface area contributed by atoms with Crippen LogP contribution in [0.4, 0.5) is 0 Å². The van der Waals surface area contributed by atoms with Crippen molar-refractivity contribution in [2.45, 2.75) is 25.4 Å². The summed E-state index contributed by atoms with van der Waals surface area (Å²) in [7, 11) is 0. The zero-order chi connectivity index (χ0) is 8.97. The Morgan fingerprint density at radius 3 is 2.92 bits per heavy atom. The average molecular weight is 163 g/mol. The molecule has 0 heterocycles. The third kappa shape index (κ3) is 1.96. The van der Waals surface area contributed by atoms with Gasteiger partial charge < -0.3 is 5.11 Å². The van der Waals surface area contributed by atoms with Crippen molar-refractivity contribution in [2.24, 2.45) is 5.92 Å². The van der Waals surface area contributed by atoms with Gasteiger partial charge >= 0.3 is 0 Å². The van der Waals surface area contributed by atoms with Gasteiger partial charge in [0.05, 0.1) is 17.7 Å². The molecule has 0 saturated carbocycles. The van der Waals surface area contributed by atoms with E-state index in [1.807, 2.05) is 6.07 Å². The van der Waals surface area contributed by atoms with Crippen LogP contribution in [0.25, 0.3) is 0 Å². The summed E-state index contributed by atoms with van der Waals surface area (Å²) >= 11 is 0. The third-order valence-electron chi connectivity index (χ3n) is 2.26. The number of nitrogens with zero attached hydrogens (tertiary/aromatic N) is 1. The van der Waals surface area contributed by atoms with Gasteiger partial charge in [0.1, 0.15) is 0 Å². The maximum absolute atomic E-state index is 9.59. The Labute approximate surface area is 72.8 Å². The summed E-state index contributed by atoms with van der Waals surface area (Å²) in [6, 6.07) is 1.89. The van der Waals surface area contributed by atoms with Crippen molar-refractivity contribution < 1.29 is 5.11 Å². The molecule has 0 aromatic carbocycles. The summed E-state index contributed by atoms with van der Waals surface area (Å²) in [6.07, 6.45) is 6.35. The lowest BCUT2D eigenvalue weighted by Crippen LogP contribution is -2.22. The maximum Gasteiger partial charge on any atom is 0.0968 e. The molecular formula is C10H13NO. The van der Waals surface area contributed by atoms with Gasteiger partial charge in [-0.1, -0.05) is 18.7 Å². The van der Waals surface area contributed by atoms with E-state index in [1.165, 1.54) is 0 Å². The first-order valence-electron chi connectivity index (χ1n) is 4.17. The van der Waals surface area contributed by atoms with Crippen LogP contribution in [0, 0.1) is 17.2 Å². The second kappa shape index (κ2) is 4.08. The van der Waals surface area contributed by atoms with E-state index in [2.05, 4.69) is 18.7 Å². The Bertz CT molecular complexity index is 237. The highest BCUT2D eigenvalue weighted by Crippen LogP contribution is 2.24. The Hall–Kier alpha value is -1.07. The van der Waals surface area contributed by atoms with E-state index < -0.39 is 6.10 Å². The zero-order valence-electron chi connectivity index (χ0n) is 7.03. The molecule has 2 heteroatoms. The molecule has 2 unspecified atom stereocenters. The molecule has 1 aliphatic carbocycles. The normalized spacial score (nSPS) is 24.5. The molecule has 0 amide bonds. The lowest BCUT2D eigenvalue weighted by molar-refractivity contribution is 0.139. The monoisotopic (exact) mass is 163 g/mol. The predicted molar refractivity (Wildman–Crippen MR) is 47.2 cm³/mol. The summed E-state index contributed by atoms with van der Waals surface area (Å²) in [5.41, 5.74) is 0.287. The molecule has 0 spiro atoms. The van der Waals surface area contributed by atoms with E-state index in [1.54, 1.807) is 0 Å². The van der Waals surface area contributed by atoms with Gasteiger partial charge in [-0.05, 0) is 25.2 Å². The number of aliphatic hydroxyl groups excluding tert-OH is 1. The van der Waals surface area contributed by atoms with Gasteiger partial charge in [0.2, 0.25) is 0 Å². The lowest BCUT2D eigenvalue weighted by Gasteiger charge is -2.22. The fraction of sp³-hybridized carbons (Fsp3) is 0.500. The molecule has 2 atom stereocenters. The first-order chi connectivity index (χ1) is 5.75. The van der Waals surface area contributed by atoms with E-state index in [4.69, 9.17) is 5.26 Å². The molecule has 0 saturated heterocycles. The van der Waals surface area contributed by atoms with Crippen LogP contribution in [0.2, 0.25) is 0 Å². The quantitative estimate of drug-likeness (QED) is 0.498. The minimum atomic E-state index is -0.639. The van der Waals surface area contributed by atoms with Crippen LogP contribution >= 0.6 is 0 Å². The minimum Gasteiger partial charge on any atom is -0.387 e. The summed E-state index contributed by atoms with van der Waals surface area (Å²) in [5, 5.41) is 18.1. The van der Waals surface area contributed by atoms with Gasteiger partial charge in [-0.25, -0.2) is 0 Å². The van der Waals surface area contributed by atoms with Gasteiger partial charge in [-0.3, -0.25) is 0 Å². The fourth-order valence-corrected chi connectivity index (χ4v) is 1.45. The second-order valence-electron chi connectivity index (χ2n) is 3.13. The van der Waals surface area contributed by atoms with E-state index in [0.717, 1.165) is 19.3 Å². The molecule has 0 aliphatic heterocycles. The standard InChI is InChI=1S/C10H13NO/c1-8(7-11)10(12)9-5-3-2-4-6-9/h2-3,9-10,12H,1,4-6H2. The number of aliphatic hydroxyl groups is 1. The molecule has 1 N–H and O–H groups in total. The van der Waals surface area contributed by atoms with Crippen molar-refractivity contribution >= 4 is 0 Å². The number of allylic oxidation sites excluding steroid dienone is 2. The second-order valence-corrected chi connectivity index (χ2v) is 3.13. The molecule has 0 aromatic heterocycles. The number of hydrogen-bond donors (Lipinski definition) is 1. The van der Waals surface area contributed by atoms with Crippen LogP contribution in [0.3, 0.4) is 0 Å². The van der Waals surface area contributed by atoms with E-state index in [0.29, 0.717) is 0 Å². The van der Waals surface area contributed by atoms with Gasteiger partial charge in [0.25, 0.3) is 0 Å². The molecule has 0 aromatic rings. The summed E-state index contributed by atoms with van der Waals surface area (Å²) < 4.78 is 0. The Balaban J connectivity index is 2.53. The maximum atomic E-state index is 9.59. The first kappa shape index (κ1) is 9.02. The smallest absolute Gasteiger partial charge is 0.0968 e. The van der Waals surface area contributed by atoms with Crippen molar-refractivity contribution in [2.75, 3.05) is 0 Å². The van der Waals surface area contributed by atoms with E-state index in [9.17, 15) is 5.11 Å². The van der Waals surface area contributed by atoms with Crippen LogP contribution in [-0.2, 0) is 0 Å². The predicted octanol–water partition coefficient (Wildman–Crippen LogP) is 1.78. The summed E-state index contributed by atoms with van der Waals surface area (Å²) in [4.78, 5) is 0. The number of hydrogen-bond acceptors (Lipinski definition) is 2. The highest BCUT2D eigenvalue weighted by atomic mass is 16.3. The van der Waals surface area contributed by atoms with Crippen molar-refractivity contribution in [3.8, 4) is 6.07 Å². The van der Waals surface area contributed by atoms with Crippen molar-refractivity contribution in [3.63, 3.8) is 0 Å².